The number of ether oxygens (including phenoxy) is 1. The van der Waals surface area contributed by atoms with Crippen LogP contribution in [0.5, 0.6) is 0 Å². The first-order valence-electron chi connectivity index (χ1n) is 6.79. The van der Waals surface area contributed by atoms with Crippen molar-refractivity contribution in [3.63, 3.8) is 0 Å². The molecule has 18 heavy (non-hydrogen) atoms. The van der Waals surface area contributed by atoms with Gasteiger partial charge in [-0.05, 0) is 25.7 Å². The fraction of sp³-hybridized carbons (Fsp3) is 0.923. The maximum Gasteiger partial charge on any atom is 0.194 e. The Morgan fingerprint density at radius 3 is 2.78 bits per heavy atom. The molecule has 0 amide bonds. The summed E-state index contributed by atoms with van der Waals surface area (Å²) in [4.78, 5) is 6.99. The second kappa shape index (κ2) is 7.53. The average molecular weight is 367 g/mol. The highest BCUT2D eigenvalue weighted by atomic mass is 127. The van der Waals surface area contributed by atoms with Crippen molar-refractivity contribution in [2.45, 2.75) is 32.7 Å². The lowest BCUT2D eigenvalue weighted by Gasteiger charge is -2.22. The second-order valence-corrected chi connectivity index (χ2v) is 5.32. The molecule has 5 heteroatoms. The van der Waals surface area contributed by atoms with Gasteiger partial charge in [-0.25, -0.2) is 0 Å². The molecule has 0 aromatic rings. The van der Waals surface area contributed by atoms with Gasteiger partial charge in [0.05, 0.1) is 6.61 Å². The average Bonchev–Trinajstić information content (AvgIpc) is 2.80. The lowest BCUT2D eigenvalue weighted by atomic mass is 10.1. The number of guanidine groups is 1. The lowest BCUT2D eigenvalue weighted by Crippen LogP contribution is -2.42. The van der Waals surface area contributed by atoms with Crippen LogP contribution in [0, 0.1) is 11.8 Å². The summed E-state index contributed by atoms with van der Waals surface area (Å²) in [5, 5.41) is 3.58. The zero-order valence-electron chi connectivity index (χ0n) is 11.7. The van der Waals surface area contributed by atoms with E-state index < -0.39 is 0 Å². The minimum Gasteiger partial charge on any atom is -0.384 e. The van der Waals surface area contributed by atoms with Crippen LogP contribution >= 0.6 is 24.0 Å². The standard InChI is InChI=1S/C13H25N3O.HI/c1-4-14-13(15-12-7-10(12)2)16-6-5-11(8-16)9-17-3;/h10-12H,4-9H2,1-3H3,(H,14,15);1H. The summed E-state index contributed by atoms with van der Waals surface area (Å²) in [6.07, 6.45) is 2.51. The molecular weight excluding hydrogens is 341 g/mol. The van der Waals surface area contributed by atoms with E-state index in [1.165, 1.54) is 12.8 Å². The quantitative estimate of drug-likeness (QED) is 0.469. The first-order valence-corrected chi connectivity index (χ1v) is 6.79. The Balaban J connectivity index is 0.00000162. The van der Waals surface area contributed by atoms with Gasteiger partial charge >= 0.3 is 0 Å². The van der Waals surface area contributed by atoms with Gasteiger partial charge in [-0.15, -0.1) is 24.0 Å². The first kappa shape index (κ1) is 16.0. The van der Waals surface area contributed by atoms with Gasteiger partial charge in [0.25, 0.3) is 0 Å². The molecule has 1 saturated heterocycles. The first-order chi connectivity index (χ1) is 8.24. The van der Waals surface area contributed by atoms with Crippen molar-refractivity contribution in [1.82, 2.24) is 10.2 Å². The molecule has 0 spiro atoms. The molecule has 0 bridgehead atoms. The Bertz CT molecular complexity index is 285. The lowest BCUT2D eigenvalue weighted by molar-refractivity contribution is 0.157. The Hall–Kier alpha value is -0.0400. The third kappa shape index (κ3) is 4.26. The monoisotopic (exact) mass is 367 g/mol. The summed E-state index contributed by atoms with van der Waals surface area (Å²) >= 11 is 0. The number of aliphatic imine (C=N–C) groups is 1. The fourth-order valence-electron chi connectivity index (χ4n) is 2.47. The van der Waals surface area contributed by atoms with E-state index in [-0.39, 0.29) is 24.0 Å². The minimum atomic E-state index is 0. The zero-order chi connectivity index (χ0) is 12.3. The fourth-order valence-corrected chi connectivity index (χ4v) is 2.47. The zero-order valence-corrected chi connectivity index (χ0v) is 14.0. The second-order valence-electron chi connectivity index (χ2n) is 5.32. The molecule has 0 radical (unpaired) electrons. The SMILES string of the molecule is CCN=C(NC1CC1C)N1CCC(COC)C1.I. The molecule has 1 heterocycles. The summed E-state index contributed by atoms with van der Waals surface area (Å²) in [6.45, 7) is 8.31. The van der Waals surface area contributed by atoms with Crippen LogP contribution in [-0.4, -0.2) is 50.3 Å². The molecule has 3 atom stereocenters. The Labute approximate surface area is 128 Å². The number of methoxy groups -OCH3 is 1. The maximum atomic E-state index is 5.24. The number of nitrogens with zero attached hydrogens (tertiary/aromatic N) is 2. The van der Waals surface area contributed by atoms with Gasteiger partial charge in [0.2, 0.25) is 0 Å². The Kier molecular flexibility index (Phi) is 6.70. The molecule has 106 valence electrons. The van der Waals surface area contributed by atoms with Gasteiger partial charge in [0.1, 0.15) is 0 Å². The van der Waals surface area contributed by atoms with Gasteiger partial charge in [0, 0.05) is 38.7 Å². The number of halogens is 1. The number of nitrogens with one attached hydrogen (secondary N) is 1. The predicted octanol–water partition coefficient (Wildman–Crippen LogP) is 1.95. The molecule has 0 aromatic heterocycles. The smallest absolute Gasteiger partial charge is 0.194 e. The summed E-state index contributed by atoms with van der Waals surface area (Å²) in [7, 11) is 1.79. The highest BCUT2D eigenvalue weighted by Gasteiger charge is 2.35. The minimum absolute atomic E-state index is 0. The molecule has 1 N–H and O–H groups in total. The van der Waals surface area contributed by atoms with Crippen LogP contribution in [0.25, 0.3) is 0 Å². The summed E-state index contributed by atoms with van der Waals surface area (Å²) in [5.41, 5.74) is 0. The molecule has 1 saturated carbocycles. The number of hydrogen-bond acceptors (Lipinski definition) is 2. The Morgan fingerprint density at radius 2 is 2.22 bits per heavy atom. The Morgan fingerprint density at radius 1 is 1.50 bits per heavy atom. The number of likely N-dealkylation sites (tertiary alicyclic amines) is 1. The van der Waals surface area contributed by atoms with Crippen LogP contribution in [0.1, 0.15) is 26.7 Å². The van der Waals surface area contributed by atoms with Crippen molar-refractivity contribution in [2.24, 2.45) is 16.8 Å². The largest absolute Gasteiger partial charge is 0.384 e. The van der Waals surface area contributed by atoms with Gasteiger partial charge in [0.15, 0.2) is 5.96 Å². The topological polar surface area (TPSA) is 36.9 Å². The highest BCUT2D eigenvalue weighted by Crippen LogP contribution is 2.29. The molecule has 3 unspecified atom stereocenters. The molecule has 2 rings (SSSR count). The normalized spacial score (nSPS) is 31.2. The molecule has 1 aliphatic carbocycles. The van der Waals surface area contributed by atoms with Crippen LogP contribution in [0.4, 0.5) is 0 Å². The van der Waals surface area contributed by atoms with Crippen LogP contribution in [0.15, 0.2) is 4.99 Å². The number of hydrogen-bond donors (Lipinski definition) is 1. The van der Waals surface area contributed by atoms with Crippen LogP contribution in [-0.2, 0) is 4.74 Å². The van der Waals surface area contributed by atoms with Crippen molar-refractivity contribution in [3.05, 3.63) is 0 Å². The predicted molar refractivity (Wildman–Crippen MR) is 85.7 cm³/mol. The van der Waals surface area contributed by atoms with Crippen molar-refractivity contribution in [1.29, 1.82) is 0 Å². The van der Waals surface area contributed by atoms with Crippen molar-refractivity contribution < 1.29 is 4.74 Å². The van der Waals surface area contributed by atoms with Gasteiger partial charge in [-0.1, -0.05) is 6.92 Å². The highest BCUT2D eigenvalue weighted by molar-refractivity contribution is 14.0. The molecular formula is C13H26IN3O. The summed E-state index contributed by atoms with van der Waals surface area (Å²) in [6, 6.07) is 0.654. The van der Waals surface area contributed by atoms with E-state index in [1.54, 1.807) is 7.11 Å². The molecule has 2 aliphatic rings. The summed E-state index contributed by atoms with van der Waals surface area (Å²) in [5.74, 6) is 2.59. The van der Waals surface area contributed by atoms with Gasteiger partial charge < -0.3 is 15.0 Å². The van der Waals surface area contributed by atoms with Gasteiger partial charge in [-0.2, -0.15) is 0 Å². The van der Waals surface area contributed by atoms with E-state index in [1.807, 2.05) is 0 Å². The van der Waals surface area contributed by atoms with Crippen LogP contribution in [0.3, 0.4) is 0 Å². The van der Waals surface area contributed by atoms with Crippen molar-refractivity contribution in [3.8, 4) is 0 Å². The van der Waals surface area contributed by atoms with E-state index in [0.717, 1.165) is 38.1 Å². The third-order valence-electron chi connectivity index (χ3n) is 3.72. The maximum absolute atomic E-state index is 5.24. The van der Waals surface area contributed by atoms with Crippen LogP contribution in [0.2, 0.25) is 0 Å². The number of rotatable bonds is 4. The molecule has 2 fully saturated rings. The molecule has 0 aromatic carbocycles. The van der Waals surface area contributed by atoms with Crippen molar-refractivity contribution in [2.75, 3.05) is 33.4 Å². The molecule has 1 aliphatic heterocycles. The van der Waals surface area contributed by atoms with E-state index in [2.05, 4.69) is 29.1 Å². The third-order valence-corrected chi connectivity index (χ3v) is 3.72. The molecule has 4 nitrogen and oxygen atoms in total. The summed E-state index contributed by atoms with van der Waals surface area (Å²) < 4.78 is 5.24. The van der Waals surface area contributed by atoms with E-state index in [4.69, 9.17) is 4.74 Å². The van der Waals surface area contributed by atoms with Gasteiger partial charge in [-0.3, -0.25) is 4.99 Å². The van der Waals surface area contributed by atoms with E-state index >= 15 is 0 Å². The van der Waals surface area contributed by atoms with Crippen molar-refractivity contribution >= 4 is 29.9 Å². The van der Waals surface area contributed by atoms with E-state index in [0.29, 0.717) is 12.0 Å². The van der Waals surface area contributed by atoms with E-state index in [9.17, 15) is 0 Å². The van der Waals surface area contributed by atoms with Crippen LogP contribution < -0.4 is 5.32 Å².